The van der Waals surface area contributed by atoms with Crippen LogP contribution in [0.4, 0.5) is 0 Å². The molecule has 0 aliphatic carbocycles. The van der Waals surface area contributed by atoms with E-state index in [0.717, 1.165) is 16.5 Å². The molecule has 0 spiro atoms. The van der Waals surface area contributed by atoms with Crippen LogP contribution in [-0.4, -0.2) is 20.7 Å². The molecule has 0 unspecified atom stereocenters. The van der Waals surface area contributed by atoms with Gasteiger partial charge in [0.05, 0.1) is 17.3 Å². The molecule has 4 rings (SSSR count). The second-order valence-electron chi connectivity index (χ2n) is 5.97. The number of rotatable bonds is 4. The van der Waals surface area contributed by atoms with Gasteiger partial charge in [-0.2, -0.15) is 0 Å². The maximum atomic E-state index is 12.9. The normalized spacial score (nSPS) is 11.1. The number of aromatic amines is 1. The number of carbonyl (C=O) groups is 1. The lowest BCUT2D eigenvalue weighted by Gasteiger charge is -2.11. The highest BCUT2D eigenvalue weighted by Crippen LogP contribution is 2.29. The number of aromatic nitrogens is 3. The Kier molecular flexibility index (Phi) is 4.41. The summed E-state index contributed by atoms with van der Waals surface area (Å²) in [5.41, 5.74) is 2.53. The molecule has 4 aromatic rings. The predicted molar refractivity (Wildman–Crippen MR) is 105 cm³/mol. The van der Waals surface area contributed by atoms with E-state index in [-0.39, 0.29) is 11.3 Å². The number of nitrogens with one attached hydrogen (secondary N) is 1. The molecule has 5 nitrogen and oxygen atoms in total. The second-order valence-corrected chi connectivity index (χ2v) is 5.97. The zero-order chi connectivity index (χ0) is 18.6. The van der Waals surface area contributed by atoms with Gasteiger partial charge in [-0.3, -0.25) is 19.6 Å². The van der Waals surface area contributed by atoms with Gasteiger partial charge in [0.25, 0.3) is 5.56 Å². The summed E-state index contributed by atoms with van der Waals surface area (Å²) in [7, 11) is 0. The SMILES string of the molecule is O=C(C=Cc1ccncc1)c1c(-c2ccccc2)c2ccncc2[nH]c1=O. The van der Waals surface area contributed by atoms with E-state index in [1.165, 1.54) is 6.08 Å². The van der Waals surface area contributed by atoms with Gasteiger partial charge in [0.1, 0.15) is 0 Å². The third kappa shape index (κ3) is 3.30. The minimum atomic E-state index is -0.432. The topological polar surface area (TPSA) is 75.7 Å². The van der Waals surface area contributed by atoms with Gasteiger partial charge in [0.15, 0.2) is 5.78 Å². The van der Waals surface area contributed by atoms with Crippen LogP contribution >= 0.6 is 0 Å². The highest BCUT2D eigenvalue weighted by atomic mass is 16.1. The van der Waals surface area contributed by atoms with Crippen molar-refractivity contribution in [1.82, 2.24) is 15.0 Å². The minimum absolute atomic E-state index is 0.116. The number of hydrogen-bond acceptors (Lipinski definition) is 4. The molecule has 1 N–H and O–H groups in total. The quantitative estimate of drug-likeness (QED) is 0.446. The summed E-state index contributed by atoms with van der Waals surface area (Å²) in [6.45, 7) is 0. The minimum Gasteiger partial charge on any atom is -0.320 e. The largest absolute Gasteiger partial charge is 0.320 e. The number of carbonyl (C=O) groups excluding carboxylic acids is 1. The number of fused-ring (bicyclic) bond motifs is 1. The van der Waals surface area contributed by atoms with E-state index >= 15 is 0 Å². The standard InChI is InChI=1S/C22H15N3O2/c26-19(7-6-15-8-11-23-12-9-15)21-20(16-4-2-1-3-5-16)17-10-13-24-14-18(17)25-22(21)27/h1-14H,(H,25,27). The lowest BCUT2D eigenvalue weighted by molar-refractivity contribution is 0.104. The highest BCUT2D eigenvalue weighted by molar-refractivity contribution is 6.14. The Labute approximate surface area is 155 Å². The summed E-state index contributed by atoms with van der Waals surface area (Å²) in [4.78, 5) is 36.5. The average Bonchev–Trinajstić information content (AvgIpc) is 2.72. The second kappa shape index (κ2) is 7.17. The number of allylic oxidation sites excluding steroid dienone is 1. The Hall–Kier alpha value is -3.86. The molecule has 0 aliphatic heterocycles. The van der Waals surface area contributed by atoms with Crippen LogP contribution in [0, 0.1) is 0 Å². The van der Waals surface area contributed by atoms with Gasteiger partial charge >= 0.3 is 0 Å². The maximum absolute atomic E-state index is 12.9. The molecular formula is C22H15N3O2. The first-order chi connectivity index (χ1) is 13.2. The molecule has 0 aliphatic rings. The summed E-state index contributed by atoms with van der Waals surface area (Å²) in [6.07, 6.45) is 9.62. The van der Waals surface area contributed by atoms with Gasteiger partial charge in [-0.25, -0.2) is 0 Å². The Morgan fingerprint density at radius 1 is 0.926 bits per heavy atom. The fraction of sp³-hybridized carbons (Fsp3) is 0. The van der Waals surface area contributed by atoms with Crippen molar-refractivity contribution in [2.24, 2.45) is 0 Å². The monoisotopic (exact) mass is 353 g/mol. The molecule has 0 radical (unpaired) electrons. The fourth-order valence-corrected chi connectivity index (χ4v) is 3.01. The molecule has 3 heterocycles. The van der Waals surface area contributed by atoms with Crippen LogP contribution in [0.5, 0.6) is 0 Å². The molecule has 5 heteroatoms. The van der Waals surface area contributed by atoms with Gasteiger partial charge in [-0.1, -0.05) is 36.4 Å². The Bertz CT molecular complexity index is 1200. The van der Waals surface area contributed by atoms with Crippen LogP contribution < -0.4 is 5.56 Å². The van der Waals surface area contributed by atoms with Gasteiger partial charge in [-0.05, 0) is 35.4 Å². The molecule has 0 saturated carbocycles. The Morgan fingerprint density at radius 2 is 1.67 bits per heavy atom. The Morgan fingerprint density at radius 3 is 2.44 bits per heavy atom. The molecule has 0 saturated heterocycles. The van der Waals surface area contributed by atoms with E-state index in [2.05, 4.69) is 15.0 Å². The van der Waals surface area contributed by atoms with Crippen molar-refractivity contribution < 1.29 is 4.79 Å². The zero-order valence-electron chi connectivity index (χ0n) is 14.3. The van der Waals surface area contributed by atoms with Crippen molar-refractivity contribution in [1.29, 1.82) is 0 Å². The highest BCUT2D eigenvalue weighted by Gasteiger charge is 2.19. The molecular weight excluding hydrogens is 338 g/mol. The average molecular weight is 353 g/mol. The lowest BCUT2D eigenvalue weighted by Crippen LogP contribution is -2.18. The van der Waals surface area contributed by atoms with Crippen LogP contribution in [0.25, 0.3) is 28.1 Å². The smallest absolute Gasteiger partial charge is 0.260 e. The van der Waals surface area contributed by atoms with Crippen molar-refractivity contribution >= 4 is 22.8 Å². The van der Waals surface area contributed by atoms with Crippen LogP contribution in [0.15, 0.2) is 84.2 Å². The zero-order valence-corrected chi connectivity index (χ0v) is 14.3. The first kappa shape index (κ1) is 16.6. The van der Waals surface area contributed by atoms with Crippen LogP contribution in [-0.2, 0) is 0 Å². The number of hydrogen-bond donors (Lipinski definition) is 1. The third-order valence-corrected chi connectivity index (χ3v) is 4.26. The van der Waals surface area contributed by atoms with E-state index in [9.17, 15) is 9.59 Å². The summed E-state index contributed by atoms with van der Waals surface area (Å²) >= 11 is 0. The van der Waals surface area contributed by atoms with Crippen molar-refractivity contribution in [3.63, 3.8) is 0 Å². The van der Waals surface area contributed by atoms with Gasteiger partial charge in [-0.15, -0.1) is 0 Å². The van der Waals surface area contributed by atoms with Crippen molar-refractivity contribution in [3.8, 4) is 11.1 Å². The molecule has 0 atom stereocenters. The predicted octanol–water partition coefficient (Wildman–Crippen LogP) is 3.88. The molecule has 0 amide bonds. The molecule has 0 bridgehead atoms. The summed E-state index contributed by atoms with van der Waals surface area (Å²) in [6, 6.07) is 14.8. The van der Waals surface area contributed by atoms with E-state index in [0.29, 0.717) is 11.1 Å². The van der Waals surface area contributed by atoms with E-state index in [1.54, 1.807) is 49.1 Å². The summed E-state index contributed by atoms with van der Waals surface area (Å²) in [5, 5.41) is 0.775. The van der Waals surface area contributed by atoms with E-state index in [4.69, 9.17) is 0 Å². The van der Waals surface area contributed by atoms with Crippen molar-refractivity contribution in [2.75, 3.05) is 0 Å². The van der Waals surface area contributed by atoms with Gasteiger partial charge in [0.2, 0.25) is 0 Å². The van der Waals surface area contributed by atoms with Crippen molar-refractivity contribution in [3.05, 3.63) is 101 Å². The maximum Gasteiger partial charge on any atom is 0.260 e. The summed E-state index contributed by atoms with van der Waals surface area (Å²) < 4.78 is 0. The number of pyridine rings is 3. The number of nitrogens with zero attached hydrogens (tertiary/aromatic N) is 2. The number of benzene rings is 1. The lowest BCUT2D eigenvalue weighted by atomic mass is 9.94. The van der Waals surface area contributed by atoms with Crippen LogP contribution in [0.3, 0.4) is 0 Å². The number of H-pyrrole nitrogens is 1. The molecule has 27 heavy (non-hydrogen) atoms. The van der Waals surface area contributed by atoms with E-state index in [1.807, 2.05) is 30.3 Å². The van der Waals surface area contributed by atoms with Crippen LogP contribution in [0.1, 0.15) is 15.9 Å². The molecule has 1 aromatic carbocycles. The Balaban J connectivity index is 1.92. The van der Waals surface area contributed by atoms with Gasteiger partial charge in [0, 0.05) is 29.5 Å². The first-order valence-electron chi connectivity index (χ1n) is 8.42. The van der Waals surface area contributed by atoms with Gasteiger partial charge < -0.3 is 4.98 Å². The molecule has 3 aromatic heterocycles. The summed E-state index contributed by atoms with van der Waals surface area (Å²) in [5.74, 6) is -0.356. The molecule has 0 fully saturated rings. The van der Waals surface area contributed by atoms with Crippen LogP contribution in [0.2, 0.25) is 0 Å². The molecule has 130 valence electrons. The van der Waals surface area contributed by atoms with Crippen molar-refractivity contribution in [2.45, 2.75) is 0 Å². The first-order valence-corrected chi connectivity index (χ1v) is 8.42. The third-order valence-electron chi connectivity index (χ3n) is 4.26. The fourth-order valence-electron chi connectivity index (χ4n) is 3.01. The van der Waals surface area contributed by atoms with E-state index < -0.39 is 5.56 Å². The number of ketones is 1.